The van der Waals surface area contributed by atoms with Gasteiger partial charge in [0.2, 0.25) is 0 Å². The second-order valence-corrected chi connectivity index (χ2v) is 6.18. The SMILES string of the molecule is CCn1c(CN(CCN)CCc2ccccc2)nc2c(F)cccc21. The van der Waals surface area contributed by atoms with Crippen molar-refractivity contribution in [3.8, 4) is 0 Å². The molecule has 132 valence electrons. The largest absolute Gasteiger partial charge is 0.329 e. The number of benzene rings is 2. The average Bonchev–Trinajstić information content (AvgIpc) is 2.99. The van der Waals surface area contributed by atoms with Crippen molar-refractivity contribution in [1.82, 2.24) is 14.5 Å². The first-order valence-corrected chi connectivity index (χ1v) is 8.83. The highest BCUT2D eigenvalue weighted by Crippen LogP contribution is 2.20. The molecule has 5 heteroatoms. The van der Waals surface area contributed by atoms with Crippen LogP contribution < -0.4 is 5.73 Å². The van der Waals surface area contributed by atoms with Crippen molar-refractivity contribution in [2.75, 3.05) is 19.6 Å². The number of nitrogens with two attached hydrogens (primary N) is 1. The molecule has 0 amide bonds. The number of rotatable bonds is 8. The monoisotopic (exact) mass is 340 g/mol. The summed E-state index contributed by atoms with van der Waals surface area (Å²) in [5, 5.41) is 0. The van der Waals surface area contributed by atoms with Gasteiger partial charge in [-0.3, -0.25) is 4.90 Å². The van der Waals surface area contributed by atoms with E-state index in [1.165, 1.54) is 11.6 Å². The number of hydrogen-bond acceptors (Lipinski definition) is 3. The Labute approximate surface area is 148 Å². The molecular formula is C20H25FN4. The molecule has 0 spiro atoms. The van der Waals surface area contributed by atoms with Gasteiger partial charge in [0.1, 0.15) is 11.3 Å². The Morgan fingerprint density at radius 1 is 1.08 bits per heavy atom. The molecule has 0 aliphatic rings. The minimum Gasteiger partial charge on any atom is -0.329 e. The van der Waals surface area contributed by atoms with Gasteiger partial charge in [0, 0.05) is 26.2 Å². The third kappa shape index (κ3) is 4.06. The lowest BCUT2D eigenvalue weighted by Gasteiger charge is -2.21. The van der Waals surface area contributed by atoms with Gasteiger partial charge in [-0.05, 0) is 31.0 Å². The Hall–Kier alpha value is -2.24. The Morgan fingerprint density at radius 3 is 2.60 bits per heavy atom. The van der Waals surface area contributed by atoms with Gasteiger partial charge in [0.15, 0.2) is 5.82 Å². The third-order valence-electron chi connectivity index (χ3n) is 4.49. The van der Waals surface area contributed by atoms with Crippen LogP contribution in [-0.4, -0.2) is 34.1 Å². The number of aryl methyl sites for hydroxylation is 1. The first-order chi connectivity index (χ1) is 12.2. The first-order valence-electron chi connectivity index (χ1n) is 8.83. The van der Waals surface area contributed by atoms with Gasteiger partial charge in [-0.1, -0.05) is 36.4 Å². The van der Waals surface area contributed by atoms with Gasteiger partial charge < -0.3 is 10.3 Å². The number of imidazole rings is 1. The second-order valence-electron chi connectivity index (χ2n) is 6.18. The average molecular weight is 340 g/mol. The molecule has 2 N–H and O–H groups in total. The molecule has 0 aliphatic heterocycles. The van der Waals surface area contributed by atoms with Gasteiger partial charge in [-0.2, -0.15) is 0 Å². The summed E-state index contributed by atoms with van der Waals surface area (Å²) in [6, 6.07) is 15.5. The summed E-state index contributed by atoms with van der Waals surface area (Å²) in [6.07, 6.45) is 0.960. The molecular weight excluding hydrogens is 315 g/mol. The van der Waals surface area contributed by atoms with E-state index in [9.17, 15) is 4.39 Å². The molecule has 0 saturated heterocycles. The lowest BCUT2D eigenvalue weighted by Crippen LogP contribution is -2.32. The quantitative estimate of drug-likeness (QED) is 0.685. The predicted octanol–water partition coefficient (Wildman–Crippen LogP) is 3.20. The molecule has 2 aromatic carbocycles. The Bertz CT molecular complexity index is 813. The fourth-order valence-electron chi connectivity index (χ4n) is 3.22. The van der Waals surface area contributed by atoms with Crippen molar-refractivity contribution >= 4 is 11.0 Å². The maximum Gasteiger partial charge on any atom is 0.151 e. The van der Waals surface area contributed by atoms with Gasteiger partial charge in [0.25, 0.3) is 0 Å². The van der Waals surface area contributed by atoms with E-state index in [1.54, 1.807) is 6.07 Å². The number of hydrogen-bond donors (Lipinski definition) is 1. The maximum absolute atomic E-state index is 14.1. The highest BCUT2D eigenvalue weighted by atomic mass is 19.1. The van der Waals surface area contributed by atoms with Crippen LogP contribution in [0.5, 0.6) is 0 Å². The Morgan fingerprint density at radius 2 is 1.88 bits per heavy atom. The van der Waals surface area contributed by atoms with E-state index in [-0.39, 0.29) is 5.82 Å². The minimum atomic E-state index is -0.263. The molecule has 0 bridgehead atoms. The van der Waals surface area contributed by atoms with Crippen LogP contribution in [0.2, 0.25) is 0 Å². The van der Waals surface area contributed by atoms with Crippen molar-refractivity contribution in [3.63, 3.8) is 0 Å². The molecule has 3 rings (SSSR count). The molecule has 0 aliphatic carbocycles. The van der Waals surface area contributed by atoms with Crippen molar-refractivity contribution in [2.45, 2.75) is 26.4 Å². The molecule has 0 fully saturated rings. The van der Waals surface area contributed by atoms with Crippen LogP contribution in [0.4, 0.5) is 4.39 Å². The molecule has 0 saturated carbocycles. The van der Waals surface area contributed by atoms with Gasteiger partial charge in [0.05, 0.1) is 12.1 Å². The Kier molecular flexibility index (Phi) is 5.79. The molecule has 0 radical (unpaired) electrons. The van der Waals surface area contributed by atoms with E-state index in [0.717, 1.165) is 37.4 Å². The van der Waals surface area contributed by atoms with Crippen LogP contribution in [-0.2, 0) is 19.5 Å². The Balaban J connectivity index is 1.79. The van der Waals surface area contributed by atoms with Crippen LogP contribution in [0.3, 0.4) is 0 Å². The van der Waals surface area contributed by atoms with E-state index >= 15 is 0 Å². The molecule has 0 unspecified atom stereocenters. The fourth-order valence-corrected chi connectivity index (χ4v) is 3.22. The summed E-state index contributed by atoms with van der Waals surface area (Å²) >= 11 is 0. The molecule has 1 heterocycles. The zero-order valence-corrected chi connectivity index (χ0v) is 14.7. The van der Waals surface area contributed by atoms with Crippen molar-refractivity contribution in [3.05, 3.63) is 65.7 Å². The normalized spacial score (nSPS) is 11.5. The summed E-state index contributed by atoms with van der Waals surface area (Å²) in [4.78, 5) is 6.86. The topological polar surface area (TPSA) is 47.1 Å². The highest BCUT2D eigenvalue weighted by molar-refractivity contribution is 5.76. The number of halogens is 1. The molecule has 1 aromatic heterocycles. The smallest absolute Gasteiger partial charge is 0.151 e. The van der Waals surface area contributed by atoms with Crippen molar-refractivity contribution in [2.24, 2.45) is 5.73 Å². The zero-order valence-electron chi connectivity index (χ0n) is 14.7. The first kappa shape index (κ1) is 17.6. The van der Waals surface area contributed by atoms with Crippen LogP contribution in [0.25, 0.3) is 11.0 Å². The van der Waals surface area contributed by atoms with E-state index < -0.39 is 0 Å². The van der Waals surface area contributed by atoms with Gasteiger partial charge in [-0.15, -0.1) is 0 Å². The molecule has 3 aromatic rings. The maximum atomic E-state index is 14.1. The summed E-state index contributed by atoms with van der Waals surface area (Å²) in [7, 11) is 0. The summed E-state index contributed by atoms with van der Waals surface area (Å²) in [5.41, 5.74) is 8.41. The molecule has 4 nitrogen and oxygen atoms in total. The lowest BCUT2D eigenvalue weighted by atomic mass is 10.1. The fraction of sp³-hybridized carbons (Fsp3) is 0.350. The predicted molar refractivity (Wildman–Crippen MR) is 99.8 cm³/mol. The van der Waals surface area contributed by atoms with Crippen LogP contribution in [0.1, 0.15) is 18.3 Å². The molecule has 25 heavy (non-hydrogen) atoms. The summed E-state index contributed by atoms with van der Waals surface area (Å²) < 4.78 is 16.1. The number of nitrogens with zero attached hydrogens (tertiary/aromatic N) is 3. The number of fused-ring (bicyclic) bond motifs is 1. The van der Waals surface area contributed by atoms with E-state index in [4.69, 9.17) is 5.73 Å². The van der Waals surface area contributed by atoms with E-state index in [0.29, 0.717) is 18.6 Å². The van der Waals surface area contributed by atoms with Crippen LogP contribution in [0.15, 0.2) is 48.5 Å². The van der Waals surface area contributed by atoms with Crippen LogP contribution >= 0.6 is 0 Å². The summed E-state index contributed by atoms with van der Waals surface area (Å²) in [5.74, 6) is 0.629. The van der Waals surface area contributed by atoms with Gasteiger partial charge in [-0.25, -0.2) is 9.37 Å². The zero-order chi connectivity index (χ0) is 17.6. The van der Waals surface area contributed by atoms with Gasteiger partial charge >= 0.3 is 0 Å². The van der Waals surface area contributed by atoms with Crippen LogP contribution in [0, 0.1) is 5.82 Å². The number of para-hydroxylation sites is 1. The van der Waals surface area contributed by atoms with Crippen molar-refractivity contribution in [1.29, 1.82) is 0 Å². The number of aromatic nitrogens is 2. The highest BCUT2D eigenvalue weighted by Gasteiger charge is 2.15. The minimum absolute atomic E-state index is 0.263. The second kappa shape index (κ2) is 8.23. The summed E-state index contributed by atoms with van der Waals surface area (Å²) in [6.45, 7) is 5.79. The van der Waals surface area contributed by atoms with E-state index in [2.05, 4.69) is 45.6 Å². The third-order valence-corrected chi connectivity index (χ3v) is 4.49. The lowest BCUT2D eigenvalue weighted by molar-refractivity contribution is 0.266. The standard InChI is InChI=1S/C20H25FN4/c1-2-25-18-10-6-9-17(21)20(18)23-19(25)15-24(14-12-22)13-11-16-7-4-3-5-8-16/h3-10H,2,11-15,22H2,1H3. The molecule has 0 atom stereocenters. The van der Waals surface area contributed by atoms with Crippen molar-refractivity contribution < 1.29 is 4.39 Å². The van der Waals surface area contributed by atoms with E-state index in [1.807, 2.05) is 12.1 Å².